The van der Waals surface area contributed by atoms with Crippen molar-refractivity contribution in [2.75, 3.05) is 0 Å². The molecule has 2 aliphatic heterocycles. The summed E-state index contributed by atoms with van der Waals surface area (Å²) in [5, 5.41) is 38.0. The van der Waals surface area contributed by atoms with E-state index in [9.17, 15) is 39.6 Å². The summed E-state index contributed by atoms with van der Waals surface area (Å²) in [6.07, 6.45) is 0.578. The number of nitrogens with zero attached hydrogens (tertiary/aromatic N) is 2. The SMILES string of the molecule is CC1=C(CCC(=O)O)c2cc3nc(cc4[nH]c(cc5[nH]c(cc1n2)c(C)c5CCC(=O)O)c(CCC(=O)O)c4C)C(CCC(=O)O)=C3C.[Na+].[Na+].[Na+].[Na+]. The standard InChI is InChI=1S/C36H38N4O8.4Na/c1-17-21(5-9-33(41)42)29-14-27-19(3)22(6-10-34(43)44)30(39-27)15-28-20(4)24(8-12-36(47)48)32(40-28)16-31-23(7-11-35(45)46)18(2)26(38-31)13-25(17)37-29;;;;/h13-16,38,40H,5-12H2,1-4H3,(H,41,42)(H,43,44)(H,45,46)(H,47,48);;;;/q;4*+1. The maximum Gasteiger partial charge on any atom is 1.00 e. The van der Waals surface area contributed by atoms with Gasteiger partial charge < -0.3 is 30.4 Å². The van der Waals surface area contributed by atoms with Gasteiger partial charge in [0.15, 0.2) is 0 Å². The van der Waals surface area contributed by atoms with E-state index >= 15 is 0 Å². The van der Waals surface area contributed by atoms with Crippen molar-refractivity contribution in [1.82, 2.24) is 19.9 Å². The molecule has 5 heterocycles. The average Bonchev–Trinajstić information content (AvgIpc) is 3.66. The molecule has 0 aliphatic carbocycles. The van der Waals surface area contributed by atoms with E-state index in [0.717, 1.165) is 44.5 Å². The number of aromatic amines is 2. The molecule has 5 rings (SSSR count). The van der Waals surface area contributed by atoms with Crippen molar-refractivity contribution in [3.8, 4) is 0 Å². The second-order valence-corrected chi connectivity index (χ2v) is 12.2. The van der Waals surface area contributed by atoms with E-state index in [4.69, 9.17) is 9.97 Å². The number of rotatable bonds is 12. The van der Waals surface area contributed by atoms with Crippen molar-refractivity contribution >= 4 is 68.2 Å². The molecule has 0 atom stereocenters. The first-order valence-corrected chi connectivity index (χ1v) is 15.7. The Morgan fingerprint density at radius 1 is 0.481 bits per heavy atom. The van der Waals surface area contributed by atoms with Crippen molar-refractivity contribution in [2.45, 2.75) is 79.1 Å². The molecule has 0 radical (unpaired) electrons. The van der Waals surface area contributed by atoms with Gasteiger partial charge in [-0.2, -0.15) is 0 Å². The molecule has 8 bridgehead atoms. The summed E-state index contributed by atoms with van der Waals surface area (Å²) in [5.41, 5.74) is 11.4. The molecule has 16 heteroatoms. The van der Waals surface area contributed by atoms with Crippen molar-refractivity contribution in [2.24, 2.45) is 0 Å². The summed E-state index contributed by atoms with van der Waals surface area (Å²) in [7, 11) is 0. The van der Waals surface area contributed by atoms with Gasteiger partial charge >= 0.3 is 142 Å². The van der Waals surface area contributed by atoms with E-state index in [2.05, 4.69) is 9.97 Å². The molecule has 0 amide bonds. The number of aromatic nitrogens is 4. The molecule has 0 saturated carbocycles. The van der Waals surface area contributed by atoms with Gasteiger partial charge in [-0.25, -0.2) is 9.97 Å². The molecule has 3 aromatic rings. The number of allylic oxidation sites excluding steroid dienone is 4. The monoisotopic (exact) mass is 746 g/mol. The number of H-pyrrole nitrogens is 2. The van der Waals surface area contributed by atoms with Gasteiger partial charge in [-0.05, 0) is 122 Å². The van der Waals surface area contributed by atoms with Gasteiger partial charge in [0.2, 0.25) is 0 Å². The summed E-state index contributed by atoms with van der Waals surface area (Å²) >= 11 is 0. The van der Waals surface area contributed by atoms with E-state index in [1.807, 2.05) is 52.0 Å². The van der Waals surface area contributed by atoms with Crippen molar-refractivity contribution < 1.29 is 158 Å². The second kappa shape index (κ2) is 21.0. The van der Waals surface area contributed by atoms with Crippen LogP contribution in [0.2, 0.25) is 0 Å². The molecule has 12 nitrogen and oxygen atoms in total. The fourth-order valence-electron chi connectivity index (χ4n) is 6.42. The first-order valence-electron chi connectivity index (χ1n) is 15.7. The summed E-state index contributed by atoms with van der Waals surface area (Å²) in [5.74, 6) is -3.76. The van der Waals surface area contributed by atoms with E-state index < -0.39 is 23.9 Å². The minimum atomic E-state index is -0.946. The number of fused-ring (bicyclic) bond motifs is 8. The average molecular weight is 747 g/mol. The van der Waals surface area contributed by atoms with Crippen LogP contribution < -0.4 is 118 Å². The molecule has 0 aromatic carbocycles. The van der Waals surface area contributed by atoms with Crippen LogP contribution >= 0.6 is 0 Å². The number of carboxylic acids is 4. The van der Waals surface area contributed by atoms with Crippen LogP contribution in [0.1, 0.15) is 97.4 Å². The normalized spacial score (nSPS) is 11.9. The van der Waals surface area contributed by atoms with Crippen LogP contribution in [0, 0.1) is 13.8 Å². The van der Waals surface area contributed by atoms with E-state index in [1.165, 1.54) is 0 Å². The number of carboxylic acid groups (broad SMARTS) is 4. The Morgan fingerprint density at radius 3 is 1.19 bits per heavy atom. The molecule has 6 N–H and O–H groups in total. The Labute approximate surface area is 389 Å². The van der Waals surface area contributed by atoms with Crippen LogP contribution in [-0.2, 0) is 32.0 Å². The van der Waals surface area contributed by atoms with Crippen molar-refractivity contribution in [1.29, 1.82) is 0 Å². The minimum absolute atomic E-state index is 0. The van der Waals surface area contributed by atoms with E-state index in [0.29, 0.717) is 44.8 Å². The molecular formula is C36H38N4Na4O8+4. The van der Waals surface area contributed by atoms with Crippen LogP contribution in [0.3, 0.4) is 0 Å². The quantitative estimate of drug-likeness (QED) is 0.0971. The third-order valence-electron chi connectivity index (χ3n) is 9.16. The number of aryl methyl sites for hydroxylation is 4. The Morgan fingerprint density at radius 2 is 0.808 bits per heavy atom. The molecule has 3 aromatic heterocycles. The summed E-state index contributed by atoms with van der Waals surface area (Å²) in [6, 6.07) is 7.40. The fraction of sp³-hybridized carbons (Fsp3) is 0.333. The minimum Gasteiger partial charge on any atom is -0.481 e. The predicted molar refractivity (Wildman–Crippen MR) is 181 cm³/mol. The second-order valence-electron chi connectivity index (χ2n) is 12.2. The zero-order valence-electron chi connectivity index (χ0n) is 31.3. The third-order valence-corrected chi connectivity index (χ3v) is 9.16. The molecule has 0 fully saturated rings. The number of carbonyl (C=O) groups is 4. The van der Waals surface area contributed by atoms with Gasteiger partial charge in [0.05, 0.1) is 22.8 Å². The van der Waals surface area contributed by atoms with Gasteiger partial charge in [0.1, 0.15) is 0 Å². The maximum atomic E-state index is 11.6. The Balaban J connectivity index is 0.00000338. The summed E-state index contributed by atoms with van der Waals surface area (Å²) in [4.78, 5) is 63.1. The Hall–Kier alpha value is -1.52. The van der Waals surface area contributed by atoms with Gasteiger partial charge in [0.25, 0.3) is 0 Å². The topological polar surface area (TPSA) is 207 Å². The Kier molecular flexibility index (Phi) is 19.6. The zero-order valence-corrected chi connectivity index (χ0v) is 39.3. The molecule has 2 aliphatic rings. The number of hydrogen-bond donors (Lipinski definition) is 6. The Bertz CT molecular complexity index is 2120. The van der Waals surface area contributed by atoms with Crippen LogP contribution in [0.25, 0.3) is 44.4 Å². The molecular weight excluding hydrogens is 708 g/mol. The first kappa shape index (κ1) is 48.5. The number of aliphatic carboxylic acids is 4. The summed E-state index contributed by atoms with van der Waals surface area (Å²) < 4.78 is 0. The van der Waals surface area contributed by atoms with E-state index in [-0.39, 0.29) is 170 Å². The van der Waals surface area contributed by atoms with Gasteiger partial charge in [-0.1, -0.05) is 0 Å². The van der Waals surface area contributed by atoms with Crippen molar-refractivity contribution in [3.63, 3.8) is 0 Å². The maximum absolute atomic E-state index is 11.6. The molecule has 0 spiro atoms. The van der Waals surface area contributed by atoms with E-state index in [1.54, 1.807) is 0 Å². The smallest absolute Gasteiger partial charge is 0.481 e. The van der Waals surface area contributed by atoms with Crippen molar-refractivity contribution in [3.05, 3.63) is 69.3 Å². The van der Waals surface area contributed by atoms with Gasteiger partial charge in [-0.15, -0.1) is 0 Å². The van der Waals surface area contributed by atoms with Gasteiger partial charge in [-0.3, -0.25) is 19.2 Å². The van der Waals surface area contributed by atoms with Crippen LogP contribution in [0.15, 0.2) is 24.3 Å². The number of nitrogens with one attached hydrogen (secondary N) is 2. The van der Waals surface area contributed by atoms with Crippen LogP contribution in [0.4, 0.5) is 0 Å². The van der Waals surface area contributed by atoms with Crippen LogP contribution in [-0.4, -0.2) is 64.2 Å². The molecule has 0 saturated heterocycles. The van der Waals surface area contributed by atoms with Crippen LogP contribution in [0.5, 0.6) is 0 Å². The fourth-order valence-corrected chi connectivity index (χ4v) is 6.42. The summed E-state index contributed by atoms with van der Waals surface area (Å²) in [6.45, 7) is 7.56. The largest absolute Gasteiger partial charge is 1.00 e. The molecule has 0 unspecified atom stereocenters. The first-order chi connectivity index (χ1) is 22.7. The molecule has 52 heavy (non-hydrogen) atoms. The zero-order chi connectivity index (χ0) is 34.9. The molecule has 250 valence electrons. The number of hydrogen-bond acceptors (Lipinski definition) is 6. The van der Waals surface area contributed by atoms with Gasteiger partial charge in [0, 0.05) is 47.8 Å². The predicted octanol–water partition coefficient (Wildman–Crippen LogP) is -5.43. The third kappa shape index (κ3) is 11.3.